The molecule has 0 radical (unpaired) electrons. The molecule has 1 aromatic rings. The fraction of sp³-hybridized carbons (Fsp3) is 0.476. The highest BCUT2D eigenvalue weighted by atomic mass is 16.4. The van der Waals surface area contributed by atoms with Crippen LogP contribution in [0.1, 0.15) is 25.8 Å². The van der Waals surface area contributed by atoms with E-state index in [2.05, 4.69) is 10.6 Å². The minimum atomic E-state index is -1.70. The number of aromatic hydroxyl groups is 1. The number of carboxylic acid groups (broad SMARTS) is 1. The maximum atomic E-state index is 13.0. The Bertz CT molecular complexity index is 920. The van der Waals surface area contributed by atoms with E-state index in [1.807, 2.05) is 5.32 Å². The minimum absolute atomic E-state index is 0.0373. The van der Waals surface area contributed by atoms with Gasteiger partial charge in [0.25, 0.3) is 0 Å². The molecule has 0 saturated heterocycles. The van der Waals surface area contributed by atoms with Crippen LogP contribution < -0.4 is 27.4 Å². The zero-order chi connectivity index (χ0) is 26.9. The van der Waals surface area contributed by atoms with Crippen molar-refractivity contribution in [3.63, 3.8) is 0 Å². The second kappa shape index (κ2) is 13.2. The minimum Gasteiger partial charge on any atom is -0.508 e. The first kappa shape index (κ1) is 29.3. The fourth-order valence-electron chi connectivity index (χ4n) is 2.89. The molecular weight excluding hydrogens is 466 g/mol. The molecule has 6 atom stereocenters. The van der Waals surface area contributed by atoms with Crippen molar-refractivity contribution in [1.82, 2.24) is 16.0 Å². The van der Waals surface area contributed by atoms with Gasteiger partial charge in [-0.05, 0) is 31.5 Å². The Balaban J connectivity index is 3.11. The van der Waals surface area contributed by atoms with Crippen LogP contribution in [0.2, 0.25) is 0 Å². The summed E-state index contributed by atoms with van der Waals surface area (Å²) in [5.74, 6) is -5.52. The van der Waals surface area contributed by atoms with Crippen molar-refractivity contribution in [3.8, 4) is 5.75 Å². The summed E-state index contributed by atoms with van der Waals surface area (Å²) in [7, 11) is 0. The van der Waals surface area contributed by atoms with Gasteiger partial charge in [-0.2, -0.15) is 0 Å². The maximum absolute atomic E-state index is 13.0. The summed E-state index contributed by atoms with van der Waals surface area (Å²) < 4.78 is 0. The van der Waals surface area contributed by atoms with E-state index in [1.54, 1.807) is 0 Å². The number of amides is 4. The van der Waals surface area contributed by atoms with Crippen molar-refractivity contribution in [1.29, 1.82) is 0 Å². The van der Waals surface area contributed by atoms with E-state index in [0.29, 0.717) is 5.56 Å². The van der Waals surface area contributed by atoms with Gasteiger partial charge in [0.05, 0.1) is 18.6 Å². The van der Waals surface area contributed by atoms with E-state index in [9.17, 15) is 44.4 Å². The van der Waals surface area contributed by atoms with Crippen LogP contribution >= 0.6 is 0 Å². The summed E-state index contributed by atoms with van der Waals surface area (Å²) in [5, 5.41) is 44.8. The Hall–Kier alpha value is -3.75. The van der Waals surface area contributed by atoms with Gasteiger partial charge in [0.1, 0.15) is 29.9 Å². The number of carbonyl (C=O) groups excluding carboxylic acids is 4. The largest absolute Gasteiger partial charge is 0.508 e. The van der Waals surface area contributed by atoms with Crippen LogP contribution in [-0.4, -0.2) is 86.4 Å². The molecule has 4 amide bonds. The first-order valence-corrected chi connectivity index (χ1v) is 10.5. The molecule has 0 spiro atoms. The number of aliphatic hydroxyl groups excluding tert-OH is 2. The van der Waals surface area contributed by atoms with E-state index in [4.69, 9.17) is 11.5 Å². The molecule has 194 valence electrons. The smallest absolute Gasteiger partial charge is 0.326 e. The summed E-state index contributed by atoms with van der Waals surface area (Å²) in [4.78, 5) is 60.3. The summed E-state index contributed by atoms with van der Waals surface area (Å²) in [6.45, 7) is 2.43. The van der Waals surface area contributed by atoms with Gasteiger partial charge in [0, 0.05) is 6.42 Å². The number of nitrogens with one attached hydrogen (secondary N) is 3. The Morgan fingerprint density at radius 3 is 1.86 bits per heavy atom. The third-order valence-corrected chi connectivity index (χ3v) is 4.91. The fourth-order valence-corrected chi connectivity index (χ4v) is 2.89. The van der Waals surface area contributed by atoms with Crippen molar-refractivity contribution in [2.24, 2.45) is 11.5 Å². The number of carboxylic acids is 1. The highest BCUT2D eigenvalue weighted by molar-refractivity contribution is 5.95. The number of phenols is 1. The van der Waals surface area contributed by atoms with Gasteiger partial charge in [-0.15, -0.1) is 0 Å². The maximum Gasteiger partial charge on any atom is 0.326 e. The van der Waals surface area contributed by atoms with Gasteiger partial charge in [-0.25, -0.2) is 4.79 Å². The molecular formula is C21H31N5O9. The van der Waals surface area contributed by atoms with Crippen LogP contribution in [-0.2, 0) is 30.4 Å². The normalized spacial score (nSPS) is 16.0. The third-order valence-electron chi connectivity index (χ3n) is 4.91. The van der Waals surface area contributed by atoms with Gasteiger partial charge in [-0.3, -0.25) is 19.2 Å². The number of aliphatic carboxylic acids is 1. The lowest BCUT2D eigenvalue weighted by atomic mass is 10.0. The molecule has 11 N–H and O–H groups in total. The number of benzene rings is 1. The molecule has 1 aromatic carbocycles. The zero-order valence-corrected chi connectivity index (χ0v) is 19.2. The molecule has 0 bridgehead atoms. The molecule has 14 heteroatoms. The number of hydrogen-bond acceptors (Lipinski definition) is 9. The lowest BCUT2D eigenvalue weighted by molar-refractivity contribution is -0.144. The number of aliphatic hydroxyl groups is 2. The molecule has 14 nitrogen and oxygen atoms in total. The van der Waals surface area contributed by atoms with Gasteiger partial charge >= 0.3 is 5.97 Å². The first-order valence-electron chi connectivity index (χ1n) is 10.5. The summed E-state index contributed by atoms with van der Waals surface area (Å²) >= 11 is 0. The van der Waals surface area contributed by atoms with Gasteiger partial charge < -0.3 is 47.8 Å². The average Bonchev–Trinajstić information content (AvgIpc) is 2.76. The van der Waals surface area contributed by atoms with E-state index in [1.165, 1.54) is 31.2 Å². The molecule has 1 rings (SSSR count). The summed E-state index contributed by atoms with van der Waals surface area (Å²) in [6.07, 6.45) is -3.59. The number of rotatable bonds is 13. The van der Waals surface area contributed by atoms with Gasteiger partial charge in [-0.1, -0.05) is 12.1 Å². The molecule has 35 heavy (non-hydrogen) atoms. The lowest BCUT2D eigenvalue weighted by Gasteiger charge is -2.26. The van der Waals surface area contributed by atoms with Crippen LogP contribution in [0.5, 0.6) is 5.75 Å². The molecule has 6 unspecified atom stereocenters. The number of nitrogens with two attached hydrogens (primary N) is 2. The van der Waals surface area contributed by atoms with Crippen molar-refractivity contribution >= 4 is 29.6 Å². The molecule has 0 aliphatic heterocycles. The molecule has 0 saturated carbocycles. The van der Waals surface area contributed by atoms with Gasteiger partial charge in [0.2, 0.25) is 23.6 Å². The topological polar surface area (TPSA) is 254 Å². The van der Waals surface area contributed by atoms with Crippen molar-refractivity contribution < 1.29 is 44.4 Å². The highest BCUT2D eigenvalue weighted by Crippen LogP contribution is 2.12. The van der Waals surface area contributed by atoms with Crippen LogP contribution in [0.3, 0.4) is 0 Å². The Kier molecular flexibility index (Phi) is 11.1. The Morgan fingerprint density at radius 1 is 0.857 bits per heavy atom. The van der Waals surface area contributed by atoms with Crippen molar-refractivity contribution in [2.75, 3.05) is 0 Å². The molecule has 0 aromatic heterocycles. The summed E-state index contributed by atoms with van der Waals surface area (Å²) in [5.41, 5.74) is 11.1. The van der Waals surface area contributed by atoms with E-state index < -0.39 is 72.4 Å². The monoisotopic (exact) mass is 497 g/mol. The quantitative estimate of drug-likeness (QED) is 0.130. The van der Waals surface area contributed by atoms with Crippen molar-refractivity contribution in [3.05, 3.63) is 29.8 Å². The van der Waals surface area contributed by atoms with Crippen LogP contribution in [0.15, 0.2) is 24.3 Å². The molecule has 0 fully saturated rings. The number of primary amides is 1. The van der Waals surface area contributed by atoms with Crippen LogP contribution in [0.25, 0.3) is 0 Å². The Morgan fingerprint density at radius 2 is 1.40 bits per heavy atom. The average molecular weight is 498 g/mol. The second-order valence-electron chi connectivity index (χ2n) is 7.99. The second-order valence-corrected chi connectivity index (χ2v) is 7.99. The van der Waals surface area contributed by atoms with E-state index in [0.717, 1.165) is 6.92 Å². The van der Waals surface area contributed by atoms with Gasteiger partial charge in [0.15, 0.2) is 0 Å². The molecule has 0 heterocycles. The number of carbonyl (C=O) groups is 5. The number of phenolic OH excluding ortho intramolecular Hbond substituents is 1. The Labute approximate surface area is 200 Å². The van der Waals surface area contributed by atoms with Crippen molar-refractivity contribution in [2.45, 2.75) is 63.1 Å². The van der Waals surface area contributed by atoms with Crippen LogP contribution in [0.4, 0.5) is 0 Å². The molecule has 0 aliphatic carbocycles. The van der Waals surface area contributed by atoms with Crippen LogP contribution in [0, 0.1) is 0 Å². The SMILES string of the molecule is CC(O)C(N)C(=O)NC(Cc1ccc(O)cc1)C(=O)NC(C(=O)NC(CC(N)=O)C(=O)O)C(C)O. The zero-order valence-electron chi connectivity index (χ0n) is 19.2. The summed E-state index contributed by atoms with van der Waals surface area (Å²) in [6, 6.07) is -0.406. The first-order chi connectivity index (χ1) is 16.2. The van der Waals surface area contributed by atoms with E-state index in [-0.39, 0.29) is 12.2 Å². The lowest BCUT2D eigenvalue weighted by Crippen LogP contribution is -2.61. The van der Waals surface area contributed by atoms with E-state index >= 15 is 0 Å². The molecule has 0 aliphatic rings. The number of hydrogen-bond donors (Lipinski definition) is 9. The standard InChI is InChI=1S/C21H31N5O9/c1-9(27)16(23)19(32)24-13(7-11-3-5-12(29)6-4-11)18(31)26-17(10(2)28)20(33)25-14(21(34)35)8-15(22)30/h3-6,9-10,13-14,16-17,27-29H,7-8,23H2,1-2H3,(H2,22,30)(H,24,32)(H,25,33)(H,26,31)(H,34,35). The predicted octanol–water partition coefficient (Wildman–Crippen LogP) is -3.56. The highest BCUT2D eigenvalue weighted by Gasteiger charge is 2.33. The predicted molar refractivity (Wildman–Crippen MR) is 120 cm³/mol. The third kappa shape index (κ3) is 9.56.